The lowest BCUT2D eigenvalue weighted by Gasteiger charge is -2.19. The van der Waals surface area contributed by atoms with E-state index in [1.54, 1.807) is 0 Å². The summed E-state index contributed by atoms with van der Waals surface area (Å²) in [5, 5.41) is 8.03. The van der Waals surface area contributed by atoms with Gasteiger partial charge in [0.05, 0.1) is 16.1 Å². The topological polar surface area (TPSA) is 36.4 Å². The van der Waals surface area contributed by atoms with Gasteiger partial charge in [0.1, 0.15) is 6.04 Å². The molecule has 1 aliphatic heterocycles. The highest BCUT2D eigenvalue weighted by Crippen LogP contribution is 2.35. The number of nitrogens with one attached hydrogen (secondary N) is 2. The molecule has 5 heteroatoms. The van der Waals surface area contributed by atoms with Crippen molar-refractivity contribution in [1.29, 1.82) is 0 Å². The Morgan fingerprint density at radius 1 is 0.815 bits per heavy atom. The van der Waals surface area contributed by atoms with E-state index >= 15 is 0 Å². The van der Waals surface area contributed by atoms with Gasteiger partial charge in [-0.1, -0.05) is 89.9 Å². The molecule has 136 valence electrons. The summed E-state index contributed by atoms with van der Waals surface area (Å²) in [6.45, 7) is 0.617. The zero-order chi connectivity index (χ0) is 18.6. The minimum Gasteiger partial charge on any atom is -0.352 e. The Balaban J connectivity index is 1.55. The maximum absolute atomic E-state index is 6.11. The molecule has 3 aromatic carbocycles. The number of nitrogens with zero attached hydrogens (tertiary/aromatic N) is 1. The fourth-order valence-electron chi connectivity index (χ4n) is 3.25. The van der Waals surface area contributed by atoms with Gasteiger partial charge in [-0.25, -0.2) is 4.99 Å². The van der Waals surface area contributed by atoms with Crippen LogP contribution in [0.2, 0.25) is 10.0 Å². The third-order valence-electron chi connectivity index (χ3n) is 4.62. The van der Waals surface area contributed by atoms with Gasteiger partial charge < -0.3 is 10.6 Å². The van der Waals surface area contributed by atoms with E-state index < -0.39 is 0 Å². The molecule has 0 fully saturated rings. The SMILES string of the molecule is Clc1ccc(CNC2=N[C@@H](c3ccccc3)[C@H](c3ccccc3)N2)cc1Cl. The summed E-state index contributed by atoms with van der Waals surface area (Å²) in [5.41, 5.74) is 3.44. The molecule has 2 N–H and O–H groups in total. The number of hydrogen-bond acceptors (Lipinski definition) is 3. The summed E-state index contributed by atoms with van der Waals surface area (Å²) in [4.78, 5) is 4.91. The monoisotopic (exact) mass is 395 g/mol. The average molecular weight is 396 g/mol. The van der Waals surface area contributed by atoms with E-state index in [4.69, 9.17) is 28.2 Å². The Bertz CT molecular complexity index is 942. The third-order valence-corrected chi connectivity index (χ3v) is 5.36. The molecule has 0 aromatic heterocycles. The molecule has 0 aliphatic carbocycles. The predicted octanol–water partition coefficient (Wildman–Crippen LogP) is 5.52. The smallest absolute Gasteiger partial charge is 0.192 e. The number of rotatable bonds is 4. The standard InChI is InChI=1S/C22H19Cl2N3/c23-18-12-11-15(13-19(18)24)14-25-22-26-20(16-7-3-1-4-8-16)21(27-22)17-9-5-2-6-10-17/h1-13,20-21H,14H2,(H2,25,26,27)/t20-,21-/m0/s1. The Labute approximate surface area is 169 Å². The fourth-order valence-corrected chi connectivity index (χ4v) is 3.57. The molecular formula is C22H19Cl2N3. The van der Waals surface area contributed by atoms with Crippen molar-refractivity contribution in [3.63, 3.8) is 0 Å². The maximum Gasteiger partial charge on any atom is 0.192 e. The van der Waals surface area contributed by atoms with Gasteiger partial charge in [0.15, 0.2) is 5.96 Å². The van der Waals surface area contributed by atoms with Gasteiger partial charge in [0.2, 0.25) is 0 Å². The van der Waals surface area contributed by atoms with E-state index in [1.807, 2.05) is 42.5 Å². The quantitative estimate of drug-likeness (QED) is 0.609. The molecule has 3 aromatic rings. The van der Waals surface area contributed by atoms with E-state index in [0.29, 0.717) is 16.6 Å². The van der Waals surface area contributed by atoms with Gasteiger partial charge in [0, 0.05) is 6.54 Å². The fraction of sp³-hybridized carbons (Fsp3) is 0.136. The molecule has 4 rings (SSSR count). The first-order valence-electron chi connectivity index (χ1n) is 8.83. The van der Waals surface area contributed by atoms with Crippen LogP contribution in [0.5, 0.6) is 0 Å². The van der Waals surface area contributed by atoms with Crippen LogP contribution in [0, 0.1) is 0 Å². The molecule has 0 unspecified atom stereocenters. The lowest BCUT2D eigenvalue weighted by molar-refractivity contribution is 0.570. The minimum atomic E-state index is 0.0184. The summed E-state index contributed by atoms with van der Waals surface area (Å²) in [7, 11) is 0. The van der Waals surface area contributed by atoms with Crippen molar-refractivity contribution in [1.82, 2.24) is 10.6 Å². The first-order valence-corrected chi connectivity index (χ1v) is 9.58. The zero-order valence-electron chi connectivity index (χ0n) is 14.6. The van der Waals surface area contributed by atoms with Crippen molar-refractivity contribution in [2.75, 3.05) is 0 Å². The molecular weight excluding hydrogens is 377 g/mol. The molecule has 0 saturated heterocycles. The van der Waals surface area contributed by atoms with Crippen LogP contribution >= 0.6 is 23.2 Å². The van der Waals surface area contributed by atoms with Crippen molar-refractivity contribution in [2.24, 2.45) is 4.99 Å². The first-order chi connectivity index (χ1) is 13.2. The van der Waals surface area contributed by atoms with Crippen molar-refractivity contribution < 1.29 is 0 Å². The number of aliphatic imine (C=N–C) groups is 1. The van der Waals surface area contributed by atoms with E-state index in [0.717, 1.165) is 11.5 Å². The van der Waals surface area contributed by atoms with Gasteiger partial charge >= 0.3 is 0 Å². The van der Waals surface area contributed by atoms with Gasteiger partial charge in [-0.05, 0) is 28.8 Å². The van der Waals surface area contributed by atoms with Crippen molar-refractivity contribution in [3.8, 4) is 0 Å². The number of benzene rings is 3. The minimum absolute atomic E-state index is 0.0184. The maximum atomic E-state index is 6.11. The lowest BCUT2D eigenvalue weighted by atomic mass is 9.95. The third kappa shape index (κ3) is 4.10. The molecule has 1 heterocycles. The van der Waals surface area contributed by atoms with E-state index in [9.17, 15) is 0 Å². The zero-order valence-corrected chi connectivity index (χ0v) is 16.1. The second-order valence-corrected chi connectivity index (χ2v) is 7.28. The molecule has 1 aliphatic rings. The van der Waals surface area contributed by atoms with E-state index in [-0.39, 0.29) is 12.1 Å². The number of hydrogen-bond donors (Lipinski definition) is 2. The van der Waals surface area contributed by atoms with E-state index in [1.165, 1.54) is 11.1 Å². The molecule has 0 bridgehead atoms. The molecule has 0 radical (unpaired) electrons. The van der Waals surface area contributed by atoms with Crippen LogP contribution in [0.4, 0.5) is 0 Å². The molecule has 3 nitrogen and oxygen atoms in total. The molecule has 27 heavy (non-hydrogen) atoms. The van der Waals surface area contributed by atoms with Crippen molar-refractivity contribution in [2.45, 2.75) is 18.6 Å². The van der Waals surface area contributed by atoms with Gasteiger partial charge in [-0.3, -0.25) is 0 Å². The summed E-state index contributed by atoms with van der Waals surface area (Å²) >= 11 is 12.1. The molecule has 0 saturated carbocycles. The highest BCUT2D eigenvalue weighted by Gasteiger charge is 2.31. The predicted molar refractivity (Wildman–Crippen MR) is 112 cm³/mol. The van der Waals surface area contributed by atoms with Crippen LogP contribution in [0.1, 0.15) is 28.8 Å². The summed E-state index contributed by atoms with van der Waals surface area (Å²) in [5.74, 6) is 0.781. The normalized spacial score (nSPS) is 18.7. The van der Waals surface area contributed by atoms with Crippen LogP contribution < -0.4 is 10.6 Å². The second kappa shape index (κ2) is 8.03. The highest BCUT2D eigenvalue weighted by atomic mass is 35.5. The van der Waals surface area contributed by atoms with Gasteiger partial charge in [-0.2, -0.15) is 0 Å². The van der Waals surface area contributed by atoms with Crippen molar-refractivity contribution >= 4 is 29.2 Å². The number of guanidine groups is 1. The Morgan fingerprint density at radius 2 is 1.48 bits per heavy atom. The summed E-state index contributed by atoms with van der Waals surface area (Å²) < 4.78 is 0. The highest BCUT2D eigenvalue weighted by molar-refractivity contribution is 6.42. The van der Waals surface area contributed by atoms with Crippen LogP contribution in [0.25, 0.3) is 0 Å². The average Bonchev–Trinajstić information content (AvgIpc) is 3.15. The molecule has 0 amide bonds. The van der Waals surface area contributed by atoms with Crippen LogP contribution in [-0.4, -0.2) is 5.96 Å². The van der Waals surface area contributed by atoms with E-state index in [2.05, 4.69) is 47.0 Å². The van der Waals surface area contributed by atoms with Crippen LogP contribution in [0.15, 0.2) is 83.9 Å². The second-order valence-electron chi connectivity index (χ2n) is 6.47. The summed E-state index contributed by atoms with van der Waals surface area (Å²) in [6.07, 6.45) is 0. The Kier molecular flexibility index (Phi) is 5.33. The van der Waals surface area contributed by atoms with Gasteiger partial charge in [-0.15, -0.1) is 0 Å². The largest absolute Gasteiger partial charge is 0.352 e. The van der Waals surface area contributed by atoms with Crippen LogP contribution in [-0.2, 0) is 6.54 Å². The number of halogens is 2. The molecule has 2 atom stereocenters. The van der Waals surface area contributed by atoms with Gasteiger partial charge in [0.25, 0.3) is 0 Å². The molecule has 0 spiro atoms. The lowest BCUT2D eigenvalue weighted by Crippen LogP contribution is -2.35. The first kappa shape index (κ1) is 17.9. The van der Waals surface area contributed by atoms with Crippen molar-refractivity contribution in [3.05, 3.63) is 106 Å². The summed E-state index contributed by atoms with van der Waals surface area (Å²) in [6, 6.07) is 26.5. The Morgan fingerprint density at radius 3 is 2.15 bits per heavy atom. The Hall–Kier alpha value is -2.49. The van der Waals surface area contributed by atoms with Crippen LogP contribution in [0.3, 0.4) is 0 Å².